The van der Waals surface area contributed by atoms with E-state index in [1.807, 2.05) is 0 Å². The molecule has 1 aliphatic rings. The Hall–Kier alpha value is -1.15. The summed E-state index contributed by atoms with van der Waals surface area (Å²) >= 11 is 0. The molecule has 1 aliphatic heterocycles. The lowest BCUT2D eigenvalue weighted by atomic mass is 9.98. The molecule has 11 nitrogen and oxygen atoms in total. The normalized spacial score (nSPS) is 22.3. The summed E-state index contributed by atoms with van der Waals surface area (Å²) in [6, 6.07) is -1.18. The van der Waals surface area contributed by atoms with Crippen LogP contribution in [0.1, 0.15) is 200 Å². The Bertz CT molecular complexity index is 923. The van der Waals surface area contributed by atoms with Gasteiger partial charge in [0.2, 0.25) is 5.91 Å². The van der Waals surface area contributed by atoms with Crippen LogP contribution in [0.15, 0.2) is 12.2 Å². The molecule has 9 atom stereocenters. The van der Waals surface area contributed by atoms with Gasteiger partial charge in [-0.25, -0.2) is 0 Å². The number of amides is 1. The van der Waals surface area contributed by atoms with Gasteiger partial charge >= 0.3 is 0 Å². The van der Waals surface area contributed by atoms with Gasteiger partial charge in [-0.15, -0.1) is 0 Å². The molecule has 0 saturated carbocycles. The maximum Gasteiger partial charge on any atom is 0.249 e. The Kier molecular flexibility index (Phi) is 33.8. The largest absolute Gasteiger partial charge is 0.394 e. The number of nitrogens with one attached hydrogen (secondary N) is 1. The number of hydrogen-bond acceptors (Lipinski definition) is 10. The molecule has 11 heteroatoms. The molecule has 0 aromatic heterocycles. The average molecular weight is 802 g/mol. The molecule has 1 unspecified atom stereocenters. The summed E-state index contributed by atoms with van der Waals surface area (Å²) in [5.74, 6) is -0.705. The molecule has 0 bridgehead atoms. The van der Waals surface area contributed by atoms with Crippen molar-refractivity contribution in [2.45, 2.75) is 255 Å². The second-order valence-corrected chi connectivity index (χ2v) is 16.5. The van der Waals surface area contributed by atoms with Crippen molar-refractivity contribution in [3.63, 3.8) is 0 Å². The van der Waals surface area contributed by atoms with Crippen LogP contribution in [0.2, 0.25) is 0 Å². The van der Waals surface area contributed by atoms with Crippen LogP contribution in [0.3, 0.4) is 0 Å². The van der Waals surface area contributed by atoms with E-state index in [2.05, 4.69) is 31.3 Å². The van der Waals surface area contributed by atoms with Crippen LogP contribution in [0.4, 0.5) is 0 Å². The fourth-order valence-electron chi connectivity index (χ4n) is 7.44. The van der Waals surface area contributed by atoms with Gasteiger partial charge in [0.15, 0.2) is 6.29 Å². The number of unbranched alkanes of at least 4 members (excludes halogenated alkanes) is 24. The smallest absolute Gasteiger partial charge is 0.249 e. The van der Waals surface area contributed by atoms with Crippen molar-refractivity contribution in [2.24, 2.45) is 0 Å². The van der Waals surface area contributed by atoms with E-state index in [9.17, 15) is 40.5 Å². The van der Waals surface area contributed by atoms with E-state index in [0.717, 1.165) is 38.5 Å². The number of carbonyl (C=O) groups is 1. The van der Waals surface area contributed by atoms with Gasteiger partial charge < -0.3 is 50.5 Å². The highest BCUT2D eigenvalue weighted by molar-refractivity contribution is 5.80. The molecule has 0 aromatic carbocycles. The van der Waals surface area contributed by atoms with Gasteiger partial charge in [0.1, 0.15) is 36.6 Å². The van der Waals surface area contributed by atoms with E-state index < -0.39 is 74.2 Å². The van der Waals surface area contributed by atoms with Crippen molar-refractivity contribution < 1.29 is 50.0 Å². The number of hydrogen-bond donors (Lipinski definition) is 8. The van der Waals surface area contributed by atoms with Gasteiger partial charge in [0.05, 0.1) is 25.4 Å². The number of ether oxygens (including phenoxy) is 2. The predicted octanol–water partition coefficient (Wildman–Crippen LogP) is 7.28. The molecule has 56 heavy (non-hydrogen) atoms. The van der Waals surface area contributed by atoms with Crippen LogP contribution < -0.4 is 5.32 Å². The van der Waals surface area contributed by atoms with Crippen LogP contribution in [0.25, 0.3) is 0 Å². The Morgan fingerprint density at radius 1 is 0.607 bits per heavy atom. The van der Waals surface area contributed by atoms with Gasteiger partial charge in [-0.05, 0) is 38.5 Å². The third-order valence-corrected chi connectivity index (χ3v) is 11.3. The second kappa shape index (κ2) is 35.8. The molecule has 332 valence electrons. The van der Waals surface area contributed by atoms with Gasteiger partial charge in [-0.3, -0.25) is 4.79 Å². The number of rotatable bonds is 38. The number of aliphatic hydroxyl groups excluding tert-OH is 7. The van der Waals surface area contributed by atoms with E-state index in [-0.39, 0.29) is 12.8 Å². The Balaban J connectivity index is 2.46. The van der Waals surface area contributed by atoms with Crippen molar-refractivity contribution in [1.29, 1.82) is 0 Å². The van der Waals surface area contributed by atoms with Crippen molar-refractivity contribution in [3.05, 3.63) is 12.2 Å². The number of allylic oxidation sites excluding steroid dienone is 2. The van der Waals surface area contributed by atoms with Crippen LogP contribution >= 0.6 is 0 Å². The first-order valence-corrected chi connectivity index (χ1v) is 23.1. The van der Waals surface area contributed by atoms with Crippen LogP contribution in [-0.4, -0.2) is 110 Å². The third-order valence-electron chi connectivity index (χ3n) is 11.3. The number of aliphatic hydroxyl groups is 7. The summed E-state index contributed by atoms with van der Waals surface area (Å²) in [4.78, 5) is 13.1. The van der Waals surface area contributed by atoms with Gasteiger partial charge in [0.25, 0.3) is 0 Å². The van der Waals surface area contributed by atoms with Crippen molar-refractivity contribution in [3.8, 4) is 0 Å². The fraction of sp³-hybridized carbons (Fsp3) is 0.933. The topological polar surface area (TPSA) is 189 Å². The molecular weight excluding hydrogens is 714 g/mol. The van der Waals surface area contributed by atoms with Gasteiger partial charge in [-0.2, -0.15) is 0 Å². The van der Waals surface area contributed by atoms with Crippen LogP contribution in [-0.2, 0) is 14.3 Å². The highest BCUT2D eigenvalue weighted by atomic mass is 16.7. The molecule has 0 radical (unpaired) electrons. The lowest BCUT2D eigenvalue weighted by Crippen LogP contribution is -2.60. The molecule has 1 saturated heterocycles. The third kappa shape index (κ3) is 25.4. The minimum atomic E-state index is -1.66. The molecule has 0 aromatic rings. The zero-order chi connectivity index (χ0) is 41.2. The first-order valence-electron chi connectivity index (χ1n) is 23.1. The maximum absolute atomic E-state index is 13.1. The zero-order valence-corrected chi connectivity index (χ0v) is 35.6. The quantitative estimate of drug-likeness (QED) is 0.0233. The minimum Gasteiger partial charge on any atom is -0.394 e. The number of carbonyl (C=O) groups excluding carboxylic acids is 1. The first-order chi connectivity index (χ1) is 27.2. The standard InChI is InChI=1S/C45H87NO10/c1-3-5-7-9-11-13-15-17-18-19-20-21-23-25-27-29-31-33-38(49)44(54)46-36(35-55-45-43(53)42(52)41(51)39(34-47)56-45)40(50)37(48)32-30-28-26-24-22-16-14-12-10-8-6-4-2/h24,26,36-43,45,47-53H,3-23,25,27-35H2,1-2H3,(H,46,54)/b26-24-/t36-,37+,38?,39+,40-,41+,42-,43+,45+/m0/s1. The van der Waals surface area contributed by atoms with Crippen molar-refractivity contribution in [2.75, 3.05) is 13.2 Å². The van der Waals surface area contributed by atoms with Crippen LogP contribution in [0.5, 0.6) is 0 Å². The summed E-state index contributed by atoms with van der Waals surface area (Å²) in [7, 11) is 0. The monoisotopic (exact) mass is 802 g/mol. The fourth-order valence-corrected chi connectivity index (χ4v) is 7.44. The molecule has 8 N–H and O–H groups in total. The highest BCUT2D eigenvalue weighted by Crippen LogP contribution is 2.23. The summed E-state index contributed by atoms with van der Waals surface area (Å²) in [5.41, 5.74) is 0. The van der Waals surface area contributed by atoms with E-state index in [1.165, 1.54) is 122 Å². The molecule has 1 heterocycles. The van der Waals surface area contributed by atoms with Crippen LogP contribution in [0, 0.1) is 0 Å². The summed E-state index contributed by atoms with van der Waals surface area (Å²) in [6.45, 7) is 3.41. The van der Waals surface area contributed by atoms with Gasteiger partial charge in [0, 0.05) is 0 Å². The molecule has 1 amide bonds. The van der Waals surface area contributed by atoms with Crippen molar-refractivity contribution in [1.82, 2.24) is 5.32 Å². The summed E-state index contributed by atoms with van der Waals surface area (Å²) in [5, 5.41) is 75.5. The second-order valence-electron chi connectivity index (χ2n) is 16.5. The van der Waals surface area contributed by atoms with Crippen molar-refractivity contribution >= 4 is 5.91 Å². The Morgan fingerprint density at radius 3 is 1.54 bits per heavy atom. The summed E-state index contributed by atoms with van der Waals surface area (Å²) in [6.07, 6.45) is 25.5. The molecule has 0 spiro atoms. The van der Waals surface area contributed by atoms with E-state index in [0.29, 0.717) is 12.8 Å². The van der Waals surface area contributed by atoms with E-state index in [1.54, 1.807) is 0 Å². The molecule has 0 aliphatic carbocycles. The molecule has 1 fully saturated rings. The zero-order valence-electron chi connectivity index (χ0n) is 35.6. The average Bonchev–Trinajstić information content (AvgIpc) is 3.20. The SMILES string of the molecule is CCCCCCCCC/C=C\CCC[C@@H](O)[C@@H](O)[C@H](CO[C@@H]1O[C@H](CO)[C@@H](O)[C@H](O)[C@H]1O)NC(=O)C(O)CCCCCCCCCCCCCCCCCCC. The lowest BCUT2D eigenvalue weighted by molar-refractivity contribution is -0.303. The summed E-state index contributed by atoms with van der Waals surface area (Å²) < 4.78 is 11.1. The Morgan fingerprint density at radius 2 is 1.05 bits per heavy atom. The Labute approximate surface area is 341 Å². The van der Waals surface area contributed by atoms with Gasteiger partial charge in [-0.1, -0.05) is 174 Å². The molecular formula is C45H87NO10. The molecule has 1 rings (SSSR count). The minimum absolute atomic E-state index is 0.258. The van der Waals surface area contributed by atoms with E-state index >= 15 is 0 Å². The first kappa shape index (κ1) is 52.9. The highest BCUT2D eigenvalue weighted by Gasteiger charge is 2.44. The maximum atomic E-state index is 13.1. The predicted molar refractivity (Wildman–Crippen MR) is 224 cm³/mol. The van der Waals surface area contributed by atoms with E-state index in [4.69, 9.17) is 9.47 Å². The lowest BCUT2D eigenvalue weighted by Gasteiger charge is -2.40.